The molecule has 0 aliphatic rings. The van der Waals surface area contributed by atoms with Crippen LogP contribution in [0.1, 0.15) is 29.7 Å². The predicted octanol–water partition coefficient (Wildman–Crippen LogP) is 3.25. The standard InChI is InChI=1S/C14H17BrN2O/c1-3-17-9-11(8-16-17)7-14(18)12-5-4-6-13(15)10(12)2/h4-6,8-9,14,18H,3,7H2,1-2H3. The van der Waals surface area contributed by atoms with Gasteiger partial charge in [0, 0.05) is 23.6 Å². The first-order chi connectivity index (χ1) is 8.61. The molecule has 0 saturated carbocycles. The summed E-state index contributed by atoms with van der Waals surface area (Å²) in [4.78, 5) is 0. The summed E-state index contributed by atoms with van der Waals surface area (Å²) in [6.45, 7) is 4.91. The van der Waals surface area contributed by atoms with Crippen molar-refractivity contribution in [2.45, 2.75) is 32.9 Å². The third-order valence-electron chi connectivity index (χ3n) is 3.11. The van der Waals surface area contributed by atoms with Crippen LogP contribution in [0.25, 0.3) is 0 Å². The molecule has 18 heavy (non-hydrogen) atoms. The van der Waals surface area contributed by atoms with Crippen molar-refractivity contribution in [3.63, 3.8) is 0 Å². The van der Waals surface area contributed by atoms with Crippen LogP contribution in [-0.2, 0) is 13.0 Å². The van der Waals surface area contributed by atoms with E-state index in [0.717, 1.165) is 27.7 Å². The second-order valence-corrected chi connectivity index (χ2v) is 5.23. The average Bonchev–Trinajstić information content (AvgIpc) is 2.80. The molecule has 3 nitrogen and oxygen atoms in total. The van der Waals surface area contributed by atoms with Crippen molar-refractivity contribution in [2.24, 2.45) is 0 Å². The van der Waals surface area contributed by atoms with E-state index in [1.165, 1.54) is 0 Å². The molecule has 0 radical (unpaired) electrons. The van der Waals surface area contributed by atoms with Crippen molar-refractivity contribution in [1.82, 2.24) is 9.78 Å². The van der Waals surface area contributed by atoms with Crippen molar-refractivity contribution in [3.05, 3.63) is 51.8 Å². The molecule has 2 aromatic rings. The van der Waals surface area contributed by atoms with Crippen LogP contribution in [0, 0.1) is 6.92 Å². The molecule has 0 aliphatic heterocycles. The second-order valence-electron chi connectivity index (χ2n) is 4.38. The number of aryl methyl sites for hydroxylation is 1. The first-order valence-electron chi connectivity index (χ1n) is 6.06. The lowest BCUT2D eigenvalue weighted by Crippen LogP contribution is -2.03. The first kappa shape index (κ1) is 13.3. The Labute approximate surface area is 116 Å². The Morgan fingerprint density at radius 2 is 2.22 bits per heavy atom. The zero-order chi connectivity index (χ0) is 13.1. The van der Waals surface area contributed by atoms with Crippen molar-refractivity contribution in [3.8, 4) is 0 Å². The van der Waals surface area contributed by atoms with E-state index < -0.39 is 6.10 Å². The van der Waals surface area contributed by atoms with Crippen molar-refractivity contribution >= 4 is 15.9 Å². The fourth-order valence-corrected chi connectivity index (χ4v) is 2.38. The van der Waals surface area contributed by atoms with Gasteiger partial charge in [-0.3, -0.25) is 4.68 Å². The molecular formula is C14H17BrN2O. The summed E-state index contributed by atoms with van der Waals surface area (Å²) in [6.07, 6.45) is 3.91. The smallest absolute Gasteiger partial charge is 0.0834 e. The van der Waals surface area contributed by atoms with Gasteiger partial charge < -0.3 is 5.11 Å². The number of halogens is 1. The van der Waals surface area contributed by atoms with Gasteiger partial charge in [0.15, 0.2) is 0 Å². The molecule has 0 amide bonds. The van der Waals surface area contributed by atoms with E-state index in [4.69, 9.17) is 0 Å². The molecule has 1 heterocycles. The summed E-state index contributed by atoms with van der Waals surface area (Å²) in [5, 5.41) is 14.5. The fraction of sp³-hybridized carbons (Fsp3) is 0.357. The molecule has 0 spiro atoms. The fourth-order valence-electron chi connectivity index (χ4n) is 2.00. The Hall–Kier alpha value is -1.13. The highest BCUT2D eigenvalue weighted by Gasteiger charge is 2.13. The molecule has 0 aliphatic carbocycles. The largest absolute Gasteiger partial charge is 0.388 e. The molecule has 1 N–H and O–H groups in total. The lowest BCUT2D eigenvalue weighted by molar-refractivity contribution is 0.177. The maximum absolute atomic E-state index is 10.3. The summed E-state index contributed by atoms with van der Waals surface area (Å²) < 4.78 is 2.90. The highest BCUT2D eigenvalue weighted by molar-refractivity contribution is 9.10. The Bertz CT molecular complexity index is 536. The number of hydrogen-bond donors (Lipinski definition) is 1. The minimum atomic E-state index is -0.489. The predicted molar refractivity (Wildman–Crippen MR) is 75.4 cm³/mol. The van der Waals surface area contributed by atoms with E-state index >= 15 is 0 Å². The van der Waals surface area contributed by atoms with Gasteiger partial charge in [0.2, 0.25) is 0 Å². The van der Waals surface area contributed by atoms with Crippen LogP contribution in [0.4, 0.5) is 0 Å². The first-order valence-corrected chi connectivity index (χ1v) is 6.85. The van der Waals surface area contributed by atoms with E-state index in [0.29, 0.717) is 6.42 Å². The summed E-state index contributed by atoms with van der Waals surface area (Å²) in [5.74, 6) is 0. The molecule has 0 fully saturated rings. The molecule has 0 saturated heterocycles. The highest BCUT2D eigenvalue weighted by atomic mass is 79.9. The summed E-state index contributed by atoms with van der Waals surface area (Å²) in [6, 6.07) is 5.90. The van der Waals surface area contributed by atoms with Crippen LogP contribution < -0.4 is 0 Å². The van der Waals surface area contributed by atoms with E-state index in [1.807, 2.05) is 49.1 Å². The van der Waals surface area contributed by atoms with Gasteiger partial charge >= 0.3 is 0 Å². The maximum Gasteiger partial charge on any atom is 0.0834 e. The van der Waals surface area contributed by atoms with Crippen molar-refractivity contribution in [2.75, 3.05) is 0 Å². The second kappa shape index (κ2) is 5.67. The van der Waals surface area contributed by atoms with Gasteiger partial charge in [0.05, 0.1) is 12.3 Å². The van der Waals surface area contributed by atoms with Gasteiger partial charge in [-0.15, -0.1) is 0 Å². The molecular weight excluding hydrogens is 292 g/mol. The molecule has 1 unspecified atom stereocenters. The highest BCUT2D eigenvalue weighted by Crippen LogP contribution is 2.26. The van der Waals surface area contributed by atoms with Crippen LogP contribution in [0.3, 0.4) is 0 Å². The molecule has 4 heteroatoms. The molecule has 1 aromatic heterocycles. The third-order valence-corrected chi connectivity index (χ3v) is 3.97. The number of rotatable bonds is 4. The van der Waals surface area contributed by atoms with Gasteiger partial charge in [-0.1, -0.05) is 28.1 Å². The zero-order valence-electron chi connectivity index (χ0n) is 10.6. The van der Waals surface area contributed by atoms with Gasteiger partial charge in [-0.05, 0) is 36.6 Å². The van der Waals surface area contributed by atoms with E-state index in [9.17, 15) is 5.11 Å². The maximum atomic E-state index is 10.3. The minimum Gasteiger partial charge on any atom is -0.388 e. The Kier molecular flexibility index (Phi) is 4.19. The molecule has 0 bridgehead atoms. The average molecular weight is 309 g/mol. The number of hydrogen-bond acceptors (Lipinski definition) is 2. The topological polar surface area (TPSA) is 38.0 Å². The van der Waals surface area contributed by atoms with Gasteiger partial charge in [-0.25, -0.2) is 0 Å². The van der Waals surface area contributed by atoms with Gasteiger partial charge in [0.25, 0.3) is 0 Å². The molecule has 2 rings (SSSR count). The molecule has 1 aromatic carbocycles. The number of benzene rings is 1. The van der Waals surface area contributed by atoms with E-state index in [1.54, 1.807) is 0 Å². The third kappa shape index (κ3) is 2.82. The van der Waals surface area contributed by atoms with Crippen LogP contribution in [-0.4, -0.2) is 14.9 Å². The van der Waals surface area contributed by atoms with Crippen LogP contribution in [0.15, 0.2) is 35.1 Å². The summed E-state index contributed by atoms with van der Waals surface area (Å²) in [5.41, 5.74) is 3.12. The van der Waals surface area contributed by atoms with Gasteiger partial charge in [0.1, 0.15) is 0 Å². The van der Waals surface area contributed by atoms with Gasteiger partial charge in [-0.2, -0.15) is 5.10 Å². The van der Waals surface area contributed by atoms with Crippen LogP contribution in [0.5, 0.6) is 0 Å². The number of aromatic nitrogens is 2. The van der Waals surface area contributed by atoms with E-state index in [-0.39, 0.29) is 0 Å². The zero-order valence-corrected chi connectivity index (χ0v) is 12.2. The lowest BCUT2D eigenvalue weighted by atomic mass is 9.99. The van der Waals surface area contributed by atoms with Crippen LogP contribution >= 0.6 is 15.9 Å². The van der Waals surface area contributed by atoms with Crippen molar-refractivity contribution in [1.29, 1.82) is 0 Å². The Morgan fingerprint density at radius 1 is 1.44 bits per heavy atom. The quantitative estimate of drug-likeness (QED) is 0.941. The van der Waals surface area contributed by atoms with Crippen molar-refractivity contribution < 1.29 is 5.11 Å². The molecule has 96 valence electrons. The van der Waals surface area contributed by atoms with Crippen LogP contribution in [0.2, 0.25) is 0 Å². The SMILES string of the molecule is CCn1cc(CC(O)c2cccc(Br)c2C)cn1. The lowest BCUT2D eigenvalue weighted by Gasteiger charge is -2.13. The number of aliphatic hydroxyl groups excluding tert-OH is 1. The summed E-state index contributed by atoms with van der Waals surface area (Å²) in [7, 11) is 0. The Balaban J connectivity index is 2.16. The monoisotopic (exact) mass is 308 g/mol. The normalized spacial score (nSPS) is 12.7. The number of nitrogens with zero attached hydrogens (tertiary/aromatic N) is 2. The number of aliphatic hydroxyl groups is 1. The molecule has 1 atom stereocenters. The summed E-state index contributed by atoms with van der Waals surface area (Å²) >= 11 is 3.49. The Morgan fingerprint density at radius 3 is 2.89 bits per heavy atom. The van der Waals surface area contributed by atoms with E-state index in [2.05, 4.69) is 21.0 Å². The minimum absolute atomic E-state index is 0.489.